The number of carbonyl (C=O) groups excluding carboxylic acids is 1. The van der Waals surface area contributed by atoms with E-state index in [1.54, 1.807) is 18.2 Å². The van der Waals surface area contributed by atoms with E-state index < -0.39 is 0 Å². The summed E-state index contributed by atoms with van der Waals surface area (Å²) in [4.78, 5) is 10.9. The van der Waals surface area contributed by atoms with Gasteiger partial charge in [0.2, 0.25) is 5.91 Å². The summed E-state index contributed by atoms with van der Waals surface area (Å²) in [5.74, 6) is -0.137. The molecular formula is C11H14N2O2. The molecule has 0 spiro atoms. The fraction of sp³-hybridized carbons (Fsp3) is 0.364. The average molecular weight is 206 g/mol. The number of nitrogens with one attached hydrogen (secondary N) is 1. The second-order valence-corrected chi connectivity index (χ2v) is 4.07. The normalized spacial score (nSPS) is 17.2. The molecule has 2 rings (SSSR count). The van der Waals surface area contributed by atoms with Crippen LogP contribution in [0.3, 0.4) is 0 Å². The van der Waals surface area contributed by atoms with Gasteiger partial charge >= 0.3 is 0 Å². The topological polar surface area (TPSA) is 75.4 Å². The Morgan fingerprint density at radius 1 is 1.53 bits per heavy atom. The molecule has 80 valence electrons. The number of rotatable bonds is 2. The third kappa shape index (κ3) is 1.94. The van der Waals surface area contributed by atoms with Crippen molar-refractivity contribution in [1.29, 1.82) is 0 Å². The summed E-state index contributed by atoms with van der Waals surface area (Å²) >= 11 is 0. The molecule has 0 aromatic heterocycles. The van der Waals surface area contributed by atoms with Crippen molar-refractivity contribution >= 4 is 11.6 Å². The molecular weight excluding hydrogens is 192 g/mol. The van der Waals surface area contributed by atoms with Crippen molar-refractivity contribution < 1.29 is 9.90 Å². The summed E-state index contributed by atoms with van der Waals surface area (Å²) in [6, 6.07) is 5.10. The molecule has 1 aromatic carbocycles. The number of phenols is 1. The summed E-state index contributed by atoms with van der Waals surface area (Å²) in [5.41, 5.74) is 7.16. The number of hydrogen-bond donors (Lipinski definition) is 3. The van der Waals surface area contributed by atoms with Crippen molar-refractivity contribution in [2.24, 2.45) is 5.73 Å². The maximum atomic E-state index is 10.9. The molecule has 4 heteroatoms. The van der Waals surface area contributed by atoms with Crippen LogP contribution in [0.4, 0.5) is 5.69 Å². The maximum Gasteiger partial charge on any atom is 0.221 e. The lowest BCUT2D eigenvalue weighted by molar-refractivity contribution is -0.114. The van der Waals surface area contributed by atoms with Crippen LogP contribution < -0.4 is 11.1 Å². The molecule has 1 saturated carbocycles. The van der Waals surface area contributed by atoms with Gasteiger partial charge in [0, 0.05) is 12.5 Å². The van der Waals surface area contributed by atoms with Crippen LogP contribution in [0.2, 0.25) is 0 Å². The molecule has 1 amide bonds. The molecule has 0 aliphatic heterocycles. The van der Waals surface area contributed by atoms with Gasteiger partial charge in [-0.3, -0.25) is 4.79 Å². The predicted octanol–water partition coefficient (Wildman–Crippen LogP) is 1.30. The largest absolute Gasteiger partial charge is 0.506 e. The molecule has 15 heavy (non-hydrogen) atoms. The van der Waals surface area contributed by atoms with Gasteiger partial charge in [-0.05, 0) is 30.5 Å². The van der Waals surface area contributed by atoms with Gasteiger partial charge < -0.3 is 16.2 Å². The molecule has 1 fully saturated rings. The van der Waals surface area contributed by atoms with Crippen LogP contribution in [-0.2, 0) is 10.3 Å². The summed E-state index contributed by atoms with van der Waals surface area (Å²) in [6.45, 7) is 1.40. The highest BCUT2D eigenvalue weighted by atomic mass is 16.3. The highest BCUT2D eigenvalue weighted by Gasteiger charge is 2.40. The van der Waals surface area contributed by atoms with Crippen LogP contribution in [0.5, 0.6) is 5.75 Å². The minimum absolute atomic E-state index is 0.0678. The zero-order valence-electron chi connectivity index (χ0n) is 8.58. The number of amides is 1. The third-order valence-corrected chi connectivity index (χ3v) is 2.67. The number of carbonyl (C=O) groups is 1. The van der Waals surface area contributed by atoms with Crippen LogP contribution in [-0.4, -0.2) is 11.0 Å². The van der Waals surface area contributed by atoms with E-state index in [-0.39, 0.29) is 17.2 Å². The van der Waals surface area contributed by atoms with Crippen molar-refractivity contribution in [1.82, 2.24) is 0 Å². The van der Waals surface area contributed by atoms with Gasteiger partial charge in [-0.15, -0.1) is 0 Å². The van der Waals surface area contributed by atoms with Gasteiger partial charge in [-0.2, -0.15) is 0 Å². The second-order valence-electron chi connectivity index (χ2n) is 4.07. The lowest BCUT2D eigenvalue weighted by atomic mass is 10.0. The lowest BCUT2D eigenvalue weighted by Gasteiger charge is -2.12. The third-order valence-electron chi connectivity index (χ3n) is 2.67. The van der Waals surface area contributed by atoms with Crippen molar-refractivity contribution in [3.05, 3.63) is 23.8 Å². The molecule has 0 saturated heterocycles. The van der Waals surface area contributed by atoms with Crippen molar-refractivity contribution in [3.63, 3.8) is 0 Å². The second kappa shape index (κ2) is 3.24. The van der Waals surface area contributed by atoms with Crippen LogP contribution >= 0.6 is 0 Å². The first-order valence-corrected chi connectivity index (χ1v) is 4.91. The molecule has 0 heterocycles. The van der Waals surface area contributed by atoms with E-state index in [4.69, 9.17) is 5.73 Å². The molecule has 0 bridgehead atoms. The van der Waals surface area contributed by atoms with Crippen molar-refractivity contribution in [2.45, 2.75) is 25.3 Å². The summed E-state index contributed by atoms with van der Waals surface area (Å²) in [7, 11) is 0. The molecule has 4 nitrogen and oxygen atoms in total. The summed E-state index contributed by atoms with van der Waals surface area (Å²) in [5, 5.41) is 12.1. The molecule has 1 aliphatic rings. The van der Waals surface area contributed by atoms with Gasteiger partial charge in [0.15, 0.2) is 0 Å². The summed E-state index contributed by atoms with van der Waals surface area (Å²) < 4.78 is 0. The number of nitrogens with two attached hydrogens (primary N) is 1. The monoisotopic (exact) mass is 206 g/mol. The van der Waals surface area contributed by atoms with Gasteiger partial charge in [0.25, 0.3) is 0 Å². The van der Waals surface area contributed by atoms with Gasteiger partial charge in [-0.25, -0.2) is 0 Å². The van der Waals surface area contributed by atoms with Crippen LogP contribution in [0.1, 0.15) is 25.3 Å². The molecule has 4 N–H and O–H groups in total. The van der Waals surface area contributed by atoms with E-state index in [9.17, 15) is 9.90 Å². The minimum atomic E-state index is -0.249. The Bertz CT molecular complexity index is 411. The fourth-order valence-electron chi connectivity index (χ4n) is 1.56. The van der Waals surface area contributed by atoms with Crippen molar-refractivity contribution in [2.75, 3.05) is 5.32 Å². The van der Waals surface area contributed by atoms with Crippen molar-refractivity contribution in [3.8, 4) is 5.75 Å². The lowest BCUT2D eigenvalue weighted by Crippen LogP contribution is -2.19. The van der Waals surface area contributed by atoms with E-state index in [1.165, 1.54) is 6.92 Å². The average Bonchev–Trinajstić information content (AvgIpc) is 2.88. The molecule has 0 unspecified atom stereocenters. The van der Waals surface area contributed by atoms with Gasteiger partial charge in [0.1, 0.15) is 5.75 Å². The Morgan fingerprint density at radius 3 is 2.73 bits per heavy atom. The standard InChI is InChI=1S/C11H14N2O2/c1-7(14)13-9-6-8(2-3-10(9)15)11(12)4-5-11/h2-3,6,15H,4-5,12H2,1H3,(H,13,14). The molecule has 1 aliphatic carbocycles. The van der Waals surface area contributed by atoms with Crippen LogP contribution in [0.15, 0.2) is 18.2 Å². The molecule has 0 atom stereocenters. The Balaban J connectivity index is 2.32. The summed E-state index contributed by atoms with van der Waals surface area (Å²) in [6.07, 6.45) is 1.91. The first-order chi connectivity index (χ1) is 7.01. The SMILES string of the molecule is CC(=O)Nc1cc(C2(N)CC2)ccc1O. The Kier molecular flexibility index (Phi) is 2.16. The van der Waals surface area contributed by atoms with Gasteiger partial charge in [-0.1, -0.05) is 6.07 Å². The predicted molar refractivity (Wildman–Crippen MR) is 57.5 cm³/mol. The Morgan fingerprint density at radius 2 is 2.20 bits per heavy atom. The fourth-order valence-corrected chi connectivity index (χ4v) is 1.56. The highest BCUT2D eigenvalue weighted by Crippen LogP contribution is 2.44. The van der Waals surface area contributed by atoms with E-state index in [2.05, 4.69) is 5.32 Å². The highest BCUT2D eigenvalue weighted by molar-refractivity contribution is 5.90. The number of anilines is 1. The number of phenolic OH excluding ortho intramolecular Hbond substituents is 1. The number of aromatic hydroxyl groups is 1. The van der Waals surface area contributed by atoms with Crippen LogP contribution in [0.25, 0.3) is 0 Å². The molecule has 0 radical (unpaired) electrons. The van der Waals surface area contributed by atoms with Crippen LogP contribution in [0, 0.1) is 0 Å². The number of hydrogen-bond acceptors (Lipinski definition) is 3. The van der Waals surface area contributed by atoms with E-state index in [0.29, 0.717) is 5.69 Å². The zero-order chi connectivity index (χ0) is 11.1. The Labute approximate surface area is 88.1 Å². The van der Waals surface area contributed by atoms with E-state index in [0.717, 1.165) is 18.4 Å². The number of benzene rings is 1. The molecule has 1 aromatic rings. The quantitative estimate of drug-likeness (QED) is 0.638. The first-order valence-electron chi connectivity index (χ1n) is 4.91. The van der Waals surface area contributed by atoms with E-state index >= 15 is 0 Å². The van der Waals surface area contributed by atoms with E-state index in [1.807, 2.05) is 0 Å². The first kappa shape index (κ1) is 9.98. The van der Waals surface area contributed by atoms with Gasteiger partial charge in [0.05, 0.1) is 5.69 Å². The minimum Gasteiger partial charge on any atom is -0.506 e. The maximum absolute atomic E-state index is 10.9. The smallest absolute Gasteiger partial charge is 0.221 e. The zero-order valence-corrected chi connectivity index (χ0v) is 8.58. The Hall–Kier alpha value is -1.55.